The van der Waals surface area contributed by atoms with Crippen LogP contribution >= 0.6 is 11.3 Å². The number of hydrogen-bond acceptors (Lipinski definition) is 6. The predicted molar refractivity (Wildman–Crippen MR) is 84.2 cm³/mol. The molecule has 1 amide bonds. The Hall–Kier alpha value is -2.10. The van der Waals surface area contributed by atoms with Crippen molar-refractivity contribution in [1.82, 2.24) is 10.3 Å². The molecule has 0 fully saturated rings. The lowest BCUT2D eigenvalue weighted by molar-refractivity contribution is 0.0949. The quantitative estimate of drug-likeness (QED) is 0.812. The SMILES string of the molecule is O=C(NNS(=O)(=O)c1ccc2c(c1)OCCCO2)c1cccs1. The van der Waals surface area contributed by atoms with Gasteiger partial charge in [0.2, 0.25) is 0 Å². The Labute approximate surface area is 137 Å². The molecule has 0 radical (unpaired) electrons. The molecule has 2 aromatic rings. The first-order valence-corrected chi connectivity index (χ1v) is 9.18. The molecule has 0 atom stereocenters. The van der Waals surface area contributed by atoms with Crippen LogP contribution in [0.15, 0.2) is 40.6 Å². The highest BCUT2D eigenvalue weighted by molar-refractivity contribution is 7.89. The second kappa shape index (κ2) is 6.57. The number of nitrogens with one attached hydrogen (secondary N) is 2. The number of rotatable bonds is 4. The first-order chi connectivity index (χ1) is 11.1. The van der Waals surface area contributed by atoms with Crippen molar-refractivity contribution in [2.75, 3.05) is 13.2 Å². The molecule has 122 valence electrons. The van der Waals surface area contributed by atoms with Crippen molar-refractivity contribution in [3.8, 4) is 11.5 Å². The Morgan fingerprint density at radius 3 is 2.65 bits per heavy atom. The number of carbonyl (C=O) groups excluding carboxylic acids is 1. The van der Waals surface area contributed by atoms with E-state index in [4.69, 9.17) is 9.47 Å². The zero-order valence-electron chi connectivity index (χ0n) is 11.9. The third kappa shape index (κ3) is 3.63. The van der Waals surface area contributed by atoms with Gasteiger partial charge in [0.25, 0.3) is 15.9 Å². The Bertz CT molecular complexity index is 803. The Balaban J connectivity index is 1.74. The summed E-state index contributed by atoms with van der Waals surface area (Å²) in [4.78, 5) is 14.2. The molecule has 2 heterocycles. The smallest absolute Gasteiger partial charge is 0.276 e. The second-order valence-electron chi connectivity index (χ2n) is 4.70. The van der Waals surface area contributed by atoms with Crippen molar-refractivity contribution in [3.63, 3.8) is 0 Å². The van der Waals surface area contributed by atoms with Gasteiger partial charge >= 0.3 is 0 Å². The van der Waals surface area contributed by atoms with Crippen LogP contribution in [0.5, 0.6) is 11.5 Å². The van der Waals surface area contributed by atoms with E-state index in [1.807, 2.05) is 0 Å². The lowest BCUT2D eigenvalue weighted by Gasteiger charge is -2.11. The zero-order chi connectivity index (χ0) is 16.3. The summed E-state index contributed by atoms with van der Waals surface area (Å²) < 4.78 is 35.4. The molecule has 2 N–H and O–H groups in total. The van der Waals surface area contributed by atoms with E-state index in [1.165, 1.54) is 29.5 Å². The van der Waals surface area contributed by atoms with Gasteiger partial charge in [0, 0.05) is 12.5 Å². The van der Waals surface area contributed by atoms with E-state index in [2.05, 4.69) is 10.3 Å². The van der Waals surface area contributed by atoms with E-state index in [9.17, 15) is 13.2 Å². The monoisotopic (exact) mass is 354 g/mol. The van der Waals surface area contributed by atoms with Gasteiger partial charge in [-0.3, -0.25) is 10.2 Å². The first kappa shape index (κ1) is 15.8. The fourth-order valence-electron chi connectivity index (χ4n) is 1.95. The van der Waals surface area contributed by atoms with Crippen LogP contribution in [-0.4, -0.2) is 27.5 Å². The molecule has 1 aliphatic rings. The summed E-state index contributed by atoms with van der Waals surface area (Å²) in [6, 6.07) is 7.61. The van der Waals surface area contributed by atoms with Gasteiger partial charge in [-0.1, -0.05) is 6.07 Å². The van der Waals surface area contributed by atoms with E-state index in [1.54, 1.807) is 17.5 Å². The molecule has 9 heteroatoms. The van der Waals surface area contributed by atoms with E-state index in [0.717, 1.165) is 6.42 Å². The summed E-state index contributed by atoms with van der Waals surface area (Å²) in [5.41, 5.74) is 2.18. The number of carbonyl (C=O) groups is 1. The fourth-order valence-corrected chi connectivity index (χ4v) is 3.43. The van der Waals surface area contributed by atoms with Crippen molar-refractivity contribution in [2.24, 2.45) is 0 Å². The lowest BCUT2D eigenvalue weighted by atomic mass is 10.3. The molecule has 0 saturated carbocycles. The summed E-state index contributed by atoms with van der Waals surface area (Å²) in [5.74, 6) is 0.358. The number of benzene rings is 1. The third-order valence-electron chi connectivity index (χ3n) is 3.07. The van der Waals surface area contributed by atoms with Crippen LogP contribution in [0.1, 0.15) is 16.1 Å². The minimum atomic E-state index is -3.90. The second-order valence-corrected chi connectivity index (χ2v) is 7.33. The predicted octanol–water partition coefficient (Wildman–Crippen LogP) is 1.53. The average molecular weight is 354 g/mol. The first-order valence-electron chi connectivity index (χ1n) is 6.81. The molecule has 0 spiro atoms. The van der Waals surface area contributed by atoms with Gasteiger partial charge in [-0.15, -0.1) is 16.2 Å². The molecule has 0 unspecified atom stereocenters. The molecular formula is C14H14N2O5S2. The number of fused-ring (bicyclic) bond motifs is 1. The standard InChI is InChI=1S/C14H14N2O5S2/c17-14(13-3-1-8-22-13)15-16-23(18,19)10-4-5-11-12(9-10)21-7-2-6-20-11/h1,3-5,8-9,16H,2,6-7H2,(H,15,17). The molecule has 23 heavy (non-hydrogen) atoms. The van der Waals surface area contributed by atoms with Gasteiger partial charge in [-0.25, -0.2) is 8.42 Å². The summed E-state index contributed by atoms with van der Waals surface area (Å²) in [6.45, 7) is 0.979. The number of thiophene rings is 1. The average Bonchev–Trinajstić information content (AvgIpc) is 2.98. The van der Waals surface area contributed by atoms with Crippen molar-refractivity contribution >= 4 is 27.3 Å². The largest absolute Gasteiger partial charge is 0.490 e. The summed E-state index contributed by atoms with van der Waals surface area (Å²) in [7, 11) is -3.90. The van der Waals surface area contributed by atoms with E-state index in [0.29, 0.717) is 29.6 Å². The minimum Gasteiger partial charge on any atom is -0.490 e. The van der Waals surface area contributed by atoms with Crippen LogP contribution in [-0.2, 0) is 10.0 Å². The summed E-state index contributed by atoms with van der Waals surface area (Å²) in [5, 5.41) is 1.73. The number of hydrazine groups is 1. The van der Waals surface area contributed by atoms with Gasteiger partial charge in [0.1, 0.15) is 0 Å². The van der Waals surface area contributed by atoms with E-state index in [-0.39, 0.29) is 4.90 Å². The molecule has 0 saturated heterocycles. The molecule has 1 aliphatic heterocycles. The molecule has 0 bridgehead atoms. The van der Waals surface area contributed by atoms with Crippen molar-refractivity contribution in [1.29, 1.82) is 0 Å². The van der Waals surface area contributed by atoms with Crippen molar-refractivity contribution in [3.05, 3.63) is 40.6 Å². The molecule has 0 aliphatic carbocycles. The van der Waals surface area contributed by atoms with Gasteiger partial charge in [0.05, 0.1) is 23.0 Å². The Morgan fingerprint density at radius 1 is 1.13 bits per heavy atom. The highest BCUT2D eigenvalue weighted by atomic mass is 32.2. The number of hydrogen-bond donors (Lipinski definition) is 2. The Kier molecular flexibility index (Phi) is 4.51. The van der Waals surface area contributed by atoms with Gasteiger partial charge in [-0.2, -0.15) is 0 Å². The van der Waals surface area contributed by atoms with Gasteiger partial charge < -0.3 is 9.47 Å². The Morgan fingerprint density at radius 2 is 1.91 bits per heavy atom. The van der Waals surface area contributed by atoms with E-state index < -0.39 is 15.9 Å². The van der Waals surface area contributed by atoms with Crippen LogP contribution in [0, 0.1) is 0 Å². The number of ether oxygens (including phenoxy) is 2. The van der Waals surface area contributed by atoms with Crippen LogP contribution in [0.3, 0.4) is 0 Å². The molecule has 1 aromatic carbocycles. The van der Waals surface area contributed by atoms with Gasteiger partial charge in [0.15, 0.2) is 11.5 Å². The zero-order valence-corrected chi connectivity index (χ0v) is 13.6. The normalized spacial score (nSPS) is 14.1. The van der Waals surface area contributed by atoms with Crippen LogP contribution in [0.25, 0.3) is 0 Å². The topological polar surface area (TPSA) is 93.7 Å². The molecular weight excluding hydrogens is 340 g/mol. The minimum absolute atomic E-state index is 0.0202. The molecule has 3 rings (SSSR count). The van der Waals surface area contributed by atoms with Crippen molar-refractivity contribution < 1.29 is 22.7 Å². The van der Waals surface area contributed by atoms with Crippen LogP contribution in [0.4, 0.5) is 0 Å². The summed E-state index contributed by atoms with van der Waals surface area (Å²) in [6.07, 6.45) is 0.728. The third-order valence-corrected chi connectivity index (χ3v) is 5.19. The maximum atomic E-state index is 12.3. The molecule has 7 nitrogen and oxygen atoms in total. The highest BCUT2D eigenvalue weighted by Gasteiger charge is 2.19. The number of amides is 1. The van der Waals surface area contributed by atoms with Crippen molar-refractivity contribution in [2.45, 2.75) is 11.3 Å². The highest BCUT2D eigenvalue weighted by Crippen LogP contribution is 2.31. The van der Waals surface area contributed by atoms with Crippen LogP contribution < -0.4 is 19.7 Å². The maximum absolute atomic E-state index is 12.3. The fraction of sp³-hybridized carbons (Fsp3) is 0.214. The molecule has 1 aromatic heterocycles. The lowest BCUT2D eigenvalue weighted by Crippen LogP contribution is -2.41. The van der Waals surface area contributed by atoms with E-state index >= 15 is 0 Å². The maximum Gasteiger partial charge on any atom is 0.276 e. The summed E-state index contributed by atoms with van der Waals surface area (Å²) >= 11 is 1.21. The van der Waals surface area contributed by atoms with Gasteiger partial charge in [-0.05, 0) is 23.6 Å². The van der Waals surface area contributed by atoms with Crippen LogP contribution in [0.2, 0.25) is 0 Å². The number of sulfonamides is 1.